The van der Waals surface area contributed by atoms with Crippen molar-refractivity contribution in [1.29, 1.82) is 0 Å². The van der Waals surface area contributed by atoms with E-state index in [1.807, 2.05) is 13.8 Å². The summed E-state index contributed by atoms with van der Waals surface area (Å²) in [6.07, 6.45) is 1.98. The smallest absolute Gasteiger partial charge is 0.321 e. The summed E-state index contributed by atoms with van der Waals surface area (Å²) in [5.41, 5.74) is 2.49. The predicted molar refractivity (Wildman–Crippen MR) is 98.4 cm³/mol. The third kappa shape index (κ3) is 4.16. The van der Waals surface area contributed by atoms with Crippen molar-refractivity contribution in [2.24, 2.45) is 0 Å². The summed E-state index contributed by atoms with van der Waals surface area (Å²) in [6, 6.07) is 4.78. The van der Waals surface area contributed by atoms with Crippen molar-refractivity contribution >= 4 is 29.2 Å². The molecule has 0 atom stereocenters. The summed E-state index contributed by atoms with van der Waals surface area (Å²) >= 11 is 6.12. The Kier molecular flexibility index (Phi) is 5.18. The number of carbonyl (C=O) groups excluding carboxylic acids is 2. The maximum absolute atomic E-state index is 12.4. The molecule has 7 nitrogen and oxygen atoms in total. The molecular weight excluding hydrogens is 356 g/mol. The Morgan fingerprint density at radius 1 is 1.35 bits per heavy atom. The number of urea groups is 1. The van der Waals surface area contributed by atoms with E-state index in [-0.39, 0.29) is 18.0 Å². The number of nitrogens with zero attached hydrogens (tertiary/aromatic N) is 2. The van der Waals surface area contributed by atoms with E-state index in [0.29, 0.717) is 28.6 Å². The zero-order valence-corrected chi connectivity index (χ0v) is 15.7. The Hall–Kier alpha value is -2.54. The van der Waals surface area contributed by atoms with E-state index in [2.05, 4.69) is 15.8 Å². The standard InChI is InChI=1S/C18H21ClN4O3/c1-10-15(11(2)26-22-10)9-23(3)18(25)21-13-6-7-16(19)14(8-13)17(24)20-12-4-5-12/h6-8,12H,4-5,9H2,1-3H3,(H,20,24)(H,21,25). The fourth-order valence-electron chi connectivity index (χ4n) is 2.52. The van der Waals surface area contributed by atoms with Gasteiger partial charge in [-0.1, -0.05) is 16.8 Å². The number of hydrogen-bond donors (Lipinski definition) is 2. The van der Waals surface area contributed by atoms with E-state index in [4.69, 9.17) is 16.1 Å². The quantitative estimate of drug-likeness (QED) is 0.836. The van der Waals surface area contributed by atoms with Crippen molar-refractivity contribution in [3.05, 3.63) is 45.8 Å². The molecule has 1 aliphatic carbocycles. The van der Waals surface area contributed by atoms with E-state index in [1.54, 1.807) is 25.2 Å². The molecule has 1 heterocycles. The van der Waals surface area contributed by atoms with E-state index in [0.717, 1.165) is 24.1 Å². The second-order valence-corrected chi connectivity index (χ2v) is 6.94. The van der Waals surface area contributed by atoms with Crippen molar-refractivity contribution in [2.45, 2.75) is 39.3 Å². The maximum Gasteiger partial charge on any atom is 0.321 e. The predicted octanol–water partition coefficient (Wildman–Crippen LogP) is 3.50. The monoisotopic (exact) mass is 376 g/mol. The Balaban J connectivity index is 1.67. The van der Waals surface area contributed by atoms with Crippen LogP contribution in [-0.4, -0.2) is 35.1 Å². The van der Waals surface area contributed by atoms with Gasteiger partial charge in [-0.3, -0.25) is 4.79 Å². The van der Waals surface area contributed by atoms with E-state index >= 15 is 0 Å². The summed E-state index contributed by atoms with van der Waals surface area (Å²) in [4.78, 5) is 26.2. The highest BCUT2D eigenvalue weighted by Gasteiger charge is 2.25. The van der Waals surface area contributed by atoms with Gasteiger partial charge in [0.05, 0.1) is 22.8 Å². The van der Waals surface area contributed by atoms with Gasteiger partial charge in [0, 0.05) is 24.3 Å². The normalized spacial score (nSPS) is 13.4. The van der Waals surface area contributed by atoms with Crippen LogP contribution < -0.4 is 10.6 Å². The number of halogens is 1. The third-order valence-electron chi connectivity index (χ3n) is 4.30. The van der Waals surface area contributed by atoms with Crippen molar-refractivity contribution in [3.8, 4) is 0 Å². The molecule has 1 aromatic carbocycles. The number of carbonyl (C=O) groups is 2. The van der Waals surface area contributed by atoms with Crippen molar-refractivity contribution in [1.82, 2.24) is 15.4 Å². The highest BCUT2D eigenvalue weighted by atomic mass is 35.5. The molecule has 1 aromatic heterocycles. The Morgan fingerprint density at radius 3 is 2.69 bits per heavy atom. The van der Waals surface area contributed by atoms with Crippen LogP contribution in [0.5, 0.6) is 0 Å². The van der Waals surface area contributed by atoms with Crippen molar-refractivity contribution in [3.63, 3.8) is 0 Å². The van der Waals surface area contributed by atoms with Gasteiger partial charge < -0.3 is 20.1 Å². The SMILES string of the molecule is Cc1noc(C)c1CN(C)C(=O)Nc1ccc(Cl)c(C(=O)NC2CC2)c1. The average molecular weight is 377 g/mol. The van der Waals surface area contributed by atoms with E-state index in [1.165, 1.54) is 4.90 Å². The minimum atomic E-state index is -0.305. The van der Waals surface area contributed by atoms with Crippen LogP contribution in [0.4, 0.5) is 10.5 Å². The molecule has 1 fully saturated rings. The molecule has 2 aromatic rings. The number of hydrogen-bond acceptors (Lipinski definition) is 4. The first-order chi connectivity index (χ1) is 12.3. The number of amides is 3. The molecule has 2 N–H and O–H groups in total. The number of aryl methyl sites for hydroxylation is 2. The largest absolute Gasteiger partial charge is 0.361 e. The molecule has 0 spiro atoms. The van der Waals surface area contributed by atoms with Crippen LogP contribution in [0.2, 0.25) is 5.02 Å². The van der Waals surface area contributed by atoms with Gasteiger partial charge in [-0.15, -0.1) is 0 Å². The highest BCUT2D eigenvalue weighted by molar-refractivity contribution is 6.34. The number of nitrogens with one attached hydrogen (secondary N) is 2. The lowest BCUT2D eigenvalue weighted by Gasteiger charge is -2.18. The van der Waals surface area contributed by atoms with Gasteiger partial charge in [0.2, 0.25) is 0 Å². The van der Waals surface area contributed by atoms with Crippen molar-refractivity contribution < 1.29 is 14.1 Å². The highest BCUT2D eigenvalue weighted by Crippen LogP contribution is 2.24. The molecule has 138 valence electrons. The van der Waals surface area contributed by atoms with Crippen LogP contribution in [0.15, 0.2) is 22.7 Å². The molecule has 0 saturated heterocycles. The van der Waals surface area contributed by atoms with Gasteiger partial charge in [0.15, 0.2) is 0 Å². The van der Waals surface area contributed by atoms with Crippen LogP contribution in [0, 0.1) is 13.8 Å². The molecule has 1 aliphatic rings. The maximum atomic E-state index is 12.4. The lowest BCUT2D eigenvalue weighted by molar-refractivity contribution is 0.0951. The van der Waals surface area contributed by atoms with E-state index in [9.17, 15) is 9.59 Å². The lowest BCUT2D eigenvalue weighted by atomic mass is 10.2. The Labute approximate surface area is 156 Å². The fourth-order valence-corrected chi connectivity index (χ4v) is 2.73. The molecule has 0 bridgehead atoms. The number of aromatic nitrogens is 1. The first-order valence-corrected chi connectivity index (χ1v) is 8.77. The fraction of sp³-hybridized carbons (Fsp3) is 0.389. The number of rotatable bonds is 5. The second-order valence-electron chi connectivity index (χ2n) is 6.53. The molecular formula is C18H21ClN4O3. The molecule has 26 heavy (non-hydrogen) atoms. The van der Waals surface area contributed by atoms with Crippen LogP contribution in [-0.2, 0) is 6.54 Å². The van der Waals surface area contributed by atoms with Gasteiger partial charge >= 0.3 is 6.03 Å². The van der Waals surface area contributed by atoms with Crippen LogP contribution in [0.1, 0.15) is 40.2 Å². The minimum Gasteiger partial charge on any atom is -0.361 e. The summed E-state index contributed by atoms with van der Waals surface area (Å²) in [5.74, 6) is 0.463. The first kappa shape index (κ1) is 18.3. The van der Waals surface area contributed by atoms with Gasteiger partial charge in [-0.2, -0.15) is 0 Å². The van der Waals surface area contributed by atoms with E-state index < -0.39 is 0 Å². The number of benzene rings is 1. The lowest BCUT2D eigenvalue weighted by Crippen LogP contribution is -2.31. The minimum absolute atomic E-state index is 0.224. The van der Waals surface area contributed by atoms with Gasteiger partial charge in [0.1, 0.15) is 5.76 Å². The summed E-state index contributed by atoms with van der Waals surface area (Å²) in [7, 11) is 1.68. The van der Waals surface area contributed by atoms with Crippen LogP contribution in [0.25, 0.3) is 0 Å². The van der Waals surface area contributed by atoms with Gasteiger partial charge in [-0.05, 0) is 44.9 Å². The average Bonchev–Trinajstić information content (AvgIpc) is 3.36. The van der Waals surface area contributed by atoms with Gasteiger partial charge in [-0.25, -0.2) is 4.79 Å². The molecule has 1 saturated carbocycles. The molecule has 0 aliphatic heterocycles. The Morgan fingerprint density at radius 2 is 2.08 bits per heavy atom. The second kappa shape index (κ2) is 7.37. The molecule has 0 radical (unpaired) electrons. The summed E-state index contributed by atoms with van der Waals surface area (Å²) in [5, 5.41) is 9.92. The topological polar surface area (TPSA) is 87.5 Å². The van der Waals surface area contributed by atoms with Crippen LogP contribution in [0.3, 0.4) is 0 Å². The third-order valence-corrected chi connectivity index (χ3v) is 4.63. The summed E-state index contributed by atoms with van der Waals surface area (Å²) < 4.78 is 5.12. The zero-order valence-electron chi connectivity index (χ0n) is 14.9. The molecule has 3 amide bonds. The zero-order chi connectivity index (χ0) is 18.8. The van der Waals surface area contributed by atoms with Crippen molar-refractivity contribution in [2.75, 3.05) is 12.4 Å². The molecule has 0 unspecified atom stereocenters. The number of anilines is 1. The Bertz CT molecular complexity index is 825. The van der Waals surface area contributed by atoms with Gasteiger partial charge in [0.25, 0.3) is 5.91 Å². The van der Waals surface area contributed by atoms with Crippen LogP contribution >= 0.6 is 11.6 Å². The molecule has 8 heteroatoms. The molecule has 3 rings (SSSR count). The first-order valence-electron chi connectivity index (χ1n) is 8.39. The summed E-state index contributed by atoms with van der Waals surface area (Å²) in [6.45, 7) is 4.02.